The van der Waals surface area contributed by atoms with Crippen LogP contribution in [0.2, 0.25) is 0 Å². The average Bonchev–Trinajstić information content (AvgIpc) is 2.71. The maximum absolute atomic E-state index is 12.2. The first-order valence-corrected chi connectivity index (χ1v) is 9.59. The zero-order valence-corrected chi connectivity index (χ0v) is 16.1. The van der Waals surface area contributed by atoms with Gasteiger partial charge >= 0.3 is 0 Å². The molecule has 1 aliphatic rings. The lowest BCUT2D eigenvalue weighted by Crippen LogP contribution is -2.45. The average molecular weight is 368 g/mol. The molecule has 2 aromatic carbocycles. The van der Waals surface area contributed by atoms with Crippen LogP contribution in [0.5, 0.6) is 11.5 Å². The van der Waals surface area contributed by atoms with Crippen molar-refractivity contribution in [3.8, 4) is 11.5 Å². The minimum Gasteiger partial charge on any atom is -0.490 e. The van der Waals surface area contributed by atoms with Crippen molar-refractivity contribution in [3.05, 3.63) is 59.7 Å². The molecule has 0 aromatic heterocycles. The molecule has 1 unspecified atom stereocenters. The first-order chi connectivity index (χ1) is 13.2. The van der Waals surface area contributed by atoms with E-state index < -0.39 is 0 Å². The third kappa shape index (κ3) is 5.23. The van der Waals surface area contributed by atoms with Crippen molar-refractivity contribution in [3.63, 3.8) is 0 Å². The summed E-state index contributed by atoms with van der Waals surface area (Å²) in [5.74, 6) is 1.13. The van der Waals surface area contributed by atoms with Crippen molar-refractivity contribution in [1.82, 2.24) is 10.2 Å². The standard InChI is InChI=1S/C22H28N2O3/c1-3-26-20-10-6-7-11-21(20)27-16-22(25)23-14-17(2)24-13-12-18-8-4-5-9-19(18)15-24/h4-11,17H,3,12-16H2,1-2H3,(H,23,25). The Balaban J connectivity index is 1.44. The van der Waals surface area contributed by atoms with Gasteiger partial charge in [0.25, 0.3) is 5.91 Å². The number of para-hydroxylation sites is 2. The number of nitrogens with zero attached hydrogens (tertiary/aromatic N) is 1. The van der Waals surface area contributed by atoms with E-state index in [9.17, 15) is 4.79 Å². The lowest BCUT2D eigenvalue weighted by molar-refractivity contribution is -0.123. The predicted molar refractivity (Wildman–Crippen MR) is 106 cm³/mol. The summed E-state index contributed by atoms with van der Waals surface area (Å²) in [5, 5.41) is 2.98. The Labute approximate surface area is 161 Å². The summed E-state index contributed by atoms with van der Waals surface area (Å²) in [4.78, 5) is 14.6. The van der Waals surface area contributed by atoms with Crippen LogP contribution in [-0.4, -0.2) is 43.2 Å². The van der Waals surface area contributed by atoms with Gasteiger partial charge in [-0.3, -0.25) is 9.69 Å². The van der Waals surface area contributed by atoms with E-state index >= 15 is 0 Å². The monoisotopic (exact) mass is 368 g/mol. The summed E-state index contributed by atoms with van der Waals surface area (Å²) in [6.45, 7) is 7.18. The van der Waals surface area contributed by atoms with Gasteiger partial charge in [0.05, 0.1) is 6.61 Å². The Kier molecular flexibility index (Phi) is 6.71. The molecular weight excluding hydrogens is 340 g/mol. The van der Waals surface area contributed by atoms with Gasteiger partial charge in [-0.1, -0.05) is 36.4 Å². The third-order valence-corrected chi connectivity index (χ3v) is 4.89. The minimum absolute atomic E-state index is 0.0142. The Hall–Kier alpha value is -2.53. The minimum atomic E-state index is -0.120. The zero-order valence-electron chi connectivity index (χ0n) is 16.1. The maximum atomic E-state index is 12.2. The molecule has 0 saturated heterocycles. The van der Waals surface area contributed by atoms with Crippen molar-refractivity contribution < 1.29 is 14.3 Å². The van der Waals surface area contributed by atoms with Crippen molar-refractivity contribution in [1.29, 1.82) is 0 Å². The number of carbonyl (C=O) groups excluding carboxylic acids is 1. The van der Waals surface area contributed by atoms with Crippen LogP contribution in [0.15, 0.2) is 48.5 Å². The first-order valence-electron chi connectivity index (χ1n) is 9.59. The largest absolute Gasteiger partial charge is 0.490 e. The Bertz CT molecular complexity index is 763. The summed E-state index contributed by atoms with van der Waals surface area (Å²) in [6, 6.07) is 16.3. The van der Waals surface area contributed by atoms with Gasteiger partial charge in [-0.05, 0) is 43.5 Å². The van der Waals surface area contributed by atoms with Gasteiger partial charge in [0.15, 0.2) is 18.1 Å². The number of ether oxygens (including phenoxy) is 2. The van der Waals surface area contributed by atoms with Gasteiger partial charge in [0.1, 0.15) is 0 Å². The summed E-state index contributed by atoms with van der Waals surface area (Å²) >= 11 is 0. The van der Waals surface area contributed by atoms with Crippen LogP contribution in [0.1, 0.15) is 25.0 Å². The second-order valence-corrected chi connectivity index (χ2v) is 6.81. The lowest BCUT2D eigenvalue weighted by Gasteiger charge is -2.33. The van der Waals surface area contributed by atoms with E-state index in [0.717, 1.165) is 19.5 Å². The van der Waals surface area contributed by atoms with Crippen molar-refractivity contribution in [2.75, 3.05) is 26.3 Å². The molecule has 0 saturated carbocycles. The number of nitrogens with one attached hydrogen (secondary N) is 1. The van der Waals surface area contributed by atoms with Crippen LogP contribution in [0.25, 0.3) is 0 Å². The molecule has 144 valence electrons. The molecule has 5 nitrogen and oxygen atoms in total. The van der Waals surface area contributed by atoms with E-state index in [4.69, 9.17) is 9.47 Å². The maximum Gasteiger partial charge on any atom is 0.257 e. The summed E-state index contributed by atoms with van der Waals surface area (Å²) in [5.41, 5.74) is 2.82. The molecule has 0 radical (unpaired) electrons. The SMILES string of the molecule is CCOc1ccccc1OCC(=O)NCC(C)N1CCc2ccccc2C1. The molecule has 2 aromatic rings. The van der Waals surface area contributed by atoms with E-state index in [1.54, 1.807) is 0 Å². The molecule has 0 aliphatic carbocycles. The topological polar surface area (TPSA) is 50.8 Å². The number of rotatable bonds is 8. The molecule has 1 heterocycles. The van der Waals surface area contributed by atoms with Crippen molar-refractivity contribution in [2.45, 2.75) is 32.9 Å². The van der Waals surface area contributed by atoms with E-state index in [0.29, 0.717) is 24.7 Å². The summed E-state index contributed by atoms with van der Waals surface area (Å²) in [6.07, 6.45) is 1.06. The molecule has 5 heteroatoms. The highest BCUT2D eigenvalue weighted by Crippen LogP contribution is 2.26. The van der Waals surface area contributed by atoms with E-state index in [-0.39, 0.29) is 18.6 Å². The molecule has 0 fully saturated rings. The lowest BCUT2D eigenvalue weighted by atomic mass is 9.99. The second-order valence-electron chi connectivity index (χ2n) is 6.81. The third-order valence-electron chi connectivity index (χ3n) is 4.89. The Morgan fingerprint density at radius 2 is 1.74 bits per heavy atom. The fourth-order valence-corrected chi connectivity index (χ4v) is 3.32. The quantitative estimate of drug-likeness (QED) is 0.778. The van der Waals surface area contributed by atoms with Crippen LogP contribution < -0.4 is 14.8 Å². The van der Waals surface area contributed by atoms with Crippen LogP contribution in [0.3, 0.4) is 0 Å². The molecule has 1 aliphatic heterocycles. The van der Waals surface area contributed by atoms with E-state index in [1.807, 2.05) is 31.2 Å². The number of hydrogen-bond acceptors (Lipinski definition) is 4. The second kappa shape index (κ2) is 9.42. The normalized spacial score (nSPS) is 14.9. The van der Waals surface area contributed by atoms with Gasteiger partial charge < -0.3 is 14.8 Å². The Morgan fingerprint density at radius 3 is 2.48 bits per heavy atom. The van der Waals surface area contributed by atoms with Crippen LogP contribution in [0, 0.1) is 0 Å². The Morgan fingerprint density at radius 1 is 1.07 bits per heavy atom. The highest BCUT2D eigenvalue weighted by Gasteiger charge is 2.20. The molecular formula is C22H28N2O3. The molecule has 0 bridgehead atoms. The number of amides is 1. The van der Waals surface area contributed by atoms with E-state index in [2.05, 4.69) is 41.4 Å². The smallest absolute Gasteiger partial charge is 0.257 e. The molecule has 3 rings (SSSR count). The first kappa shape index (κ1) is 19.2. The number of fused-ring (bicyclic) bond motifs is 1. The molecule has 27 heavy (non-hydrogen) atoms. The zero-order chi connectivity index (χ0) is 19.1. The van der Waals surface area contributed by atoms with Crippen LogP contribution >= 0.6 is 0 Å². The van der Waals surface area contributed by atoms with Crippen molar-refractivity contribution >= 4 is 5.91 Å². The van der Waals surface area contributed by atoms with Gasteiger partial charge in [0.2, 0.25) is 0 Å². The summed E-state index contributed by atoms with van der Waals surface area (Å²) in [7, 11) is 0. The van der Waals surface area contributed by atoms with Gasteiger partial charge in [-0.15, -0.1) is 0 Å². The van der Waals surface area contributed by atoms with Crippen LogP contribution in [0.4, 0.5) is 0 Å². The molecule has 1 N–H and O–H groups in total. The van der Waals surface area contributed by atoms with Gasteiger partial charge in [-0.25, -0.2) is 0 Å². The van der Waals surface area contributed by atoms with Crippen LogP contribution in [-0.2, 0) is 17.8 Å². The van der Waals surface area contributed by atoms with Gasteiger partial charge in [0, 0.05) is 25.7 Å². The summed E-state index contributed by atoms with van der Waals surface area (Å²) < 4.78 is 11.1. The fourth-order valence-electron chi connectivity index (χ4n) is 3.32. The number of hydrogen-bond donors (Lipinski definition) is 1. The molecule has 1 amide bonds. The van der Waals surface area contributed by atoms with Gasteiger partial charge in [-0.2, -0.15) is 0 Å². The van der Waals surface area contributed by atoms with Crippen molar-refractivity contribution in [2.24, 2.45) is 0 Å². The highest BCUT2D eigenvalue weighted by atomic mass is 16.5. The predicted octanol–water partition coefficient (Wildman–Crippen LogP) is 3.03. The number of benzene rings is 2. The number of carbonyl (C=O) groups is 1. The van der Waals surface area contributed by atoms with E-state index in [1.165, 1.54) is 11.1 Å². The molecule has 1 atom stereocenters. The fraction of sp³-hybridized carbons (Fsp3) is 0.409. The molecule has 0 spiro atoms. The highest BCUT2D eigenvalue weighted by molar-refractivity contribution is 5.77.